The average molecular weight is 537 g/mol. The lowest BCUT2D eigenvalue weighted by Crippen LogP contribution is -2.45. The molecule has 2 heterocycles. The third-order valence-corrected chi connectivity index (χ3v) is 6.92. The Labute approximate surface area is 212 Å². The van der Waals surface area contributed by atoms with E-state index in [0.717, 1.165) is 17.4 Å². The van der Waals surface area contributed by atoms with E-state index < -0.39 is 22.5 Å². The number of carbonyl (C=O) groups excluding carboxylic acids is 1. The van der Waals surface area contributed by atoms with Crippen LogP contribution >= 0.6 is 24.8 Å². The van der Waals surface area contributed by atoms with E-state index in [4.69, 9.17) is 9.47 Å². The van der Waals surface area contributed by atoms with Crippen LogP contribution in [0.25, 0.3) is 0 Å². The Kier molecular flexibility index (Phi) is 12.7. The van der Waals surface area contributed by atoms with Crippen molar-refractivity contribution in [3.8, 4) is 5.75 Å². The molecule has 10 nitrogen and oxygen atoms in total. The van der Waals surface area contributed by atoms with Crippen molar-refractivity contribution >= 4 is 40.7 Å². The van der Waals surface area contributed by atoms with Crippen LogP contribution in [-0.4, -0.2) is 91.8 Å². The van der Waals surface area contributed by atoms with Gasteiger partial charge in [0.1, 0.15) is 5.75 Å². The smallest absolute Gasteiger partial charge is 0.261 e. The summed E-state index contributed by atoms with van der Waals surface area (Å²) < 4.78 is 38.0. The predicted molar refractivity (Wildman–Crippen MR) is 130 cm³/mol. The molecule has 34 heavy (non-hydrogen) atoms. The number of benzene rings is 1. The molecule has 1 aromatic heterocycles. The minimum absolute atomic E-state index is 0. The normalized spacial score (nSPS) is 14.1. The van der Waals surface area contributed by atoms with Crippen molar-refractivity contribution in [3.05, 3.63) is 54.4 Å². The van der Waals surface area contributed by atoms with Crippen LogP contribution in [-0.2, 0) is 26.1 Å². The number of amides is 1. The molecule has 0 unspecified atom stereocenters. The molecule has 1 aliphatic heterocycles. The van der Waals surface area contributed by atoms with Gasteiger partial charge in [-0.1, -0.05) is 6.07 Å². The number of methoxy groups -OCH3 is 1. The Bertz CT molecular complexity index is 977. The summed E-state index contributed by atoms with van der Waals surface area (Å²) in [7, 11) is -2.53. The summed E-state index contributed by atoms with van der Waals surface area (Å²) in [6, 6.07) is 9.34. The molecule has 0 bridgehead atoms. The van der Waals surface area contributed by atoms with Crippen LogP contribution in [0, 0.1) is 0 Å². The monoisotopic (exact) mass is 536 g/mol. The molecule has 0 saturated carbocycles. The van der Waals surface area contributed by atoms with Gasteiger partial charge in [0.2, 0.25) is 10.0 Å². The lowest BCUT2D eigenvalue weighted by atomic mass is 10.3. The third kappa shape index (κ3) is 8.35. The first-order chi connectivity index (χ1) is 15.4. The van der Waals surface area contributed by atoms with Crippen LogP contribution in [0.5, 0.6) is 5.75 Å². The van der Waals surface area contributed by atoms with Crippen molar-refractivity contribution in [3.63, 3.8) is 0 Å². The summed E-state index contributed by atoms with van der Waals surface area (Å²) in [5, 5.41) is 10.8. The van der Waals surface area contributed by atoms with E-state index in [9.17, 15) is 18.4 Å². The van der Waals surface area contributed by atoms with E-state index in [2.05, 4.69) is 9.88 Å². The molecule has 0 spiro atoms. The SMILES string of the molecule is COc1ccc(S(=O)(=O)N(CC(=O)N(O)CCN2CCOCC2)Cc2cccnc2)cc1.Cl.Cl. The highest BCUT2D eigenvalue weighted by molar-refractivity contribution is 7.89. The number of sulfonamides is 1. The number of carbonyl (C=O) groups is 1. The Balaban J connectivity index is 0.00000289. The lowest BCUT2D eigenvalue weighted by molar-refractivity contribution is -0.166. The van der Waals surface area contributed by atoms with Crippen LogP contribution in [0.3, 0.4) is 0 Å². The van der Waals surface area contributed by atoms with Crippen LogP contribution in [0.1, 0.15) is 5.56 Å². The van der Waals surface area contributed by atoms with Gasteiger partial charge in [-0.15, -0.1) is 24.8 Å². The first-order valence-electron chi connectivity index (χ1n) is 10.2. The van der Waals surface area contributed by atoms with Gasteiger partial charge in [0.25, 0.3) is 5.91 Å². The first kappa shape index (κ1) is 30.0. The molecule has 1 aliphatic rings. The molecule has 3 rings (SSSR count). The topological polar surface area (TPSA) is 113 Å². The number of hydrogen-bond acceptors (Lipinski definition) is 8. The zero-order chi connectivity index (χ0) is 23.0. The Morgan fingerprint density at radius 3 is 2.44 bits per heavy atom. The fourth-order valence-electron chi connectivity index (χ4n) is 3.24. The molecule has 1 aromatic carbocycles. The number of aromatic nitrogens is 1. The fraction of sp³-hybridized carbons (Fsp3) is 0.429. The molecule has 1 N–H and O–H groups in total. The maximum Gasteiger partial charge on any atom is 0.261 e. The molecule has 190 valence electrons. The molecule has 2 aromatic rings. The molecule has 0 atom stereocenters. The lowest BCUT2D eigenvalue weighted by Gasteiger charge is -2.28. The van der Waals surface area contributed by atoms with E-state index in [1.54, 1.807) is 18.3 Å². The van der Waals surface area contributed by atoms with E-state index in [0.29, 0.717) is 36.1 Å². The zero-order valence-electron chi connectivity index (χ0n) is 18.8. The van der Waals surface area contributed by atoms with Gasteiger partial charge in [0, 0.05) is 38.6 Å². The number of rotatable bonds is 10. The highest BCUT2D eigenvalue weighted by atomic mass is 35.5. The molecule has 0 aliphatic carbocycles. The van der Waals surface area contributed by atoms with Crippen LogP contribution < -0.4 is 4.74 Å². The number of hydroxylamine groups is 2. The van der Waals surface area contributed by atoms with Gasteiger partial charge in [0.15, 0.2) is 0 Å². The van der Waals surface area contributed by atoms with E-state index in [-0.39, 0.29) is 42.8 Å². The van der Waals surface area contributed by atoms with Crippen molar-refractivity contribution in [2.24, 2.45) is 0 Å². The van der Waals surface area contributed by atoms with E-state index >= 15 is 0 Å². The number of hydrogen-bond donors (Lipinski definition) is 1. The fourth-order valence-corrected chi connectivity index (χ4v) is 4.61. The van der Waals surface area contributed by atoms with Gasteiger partial charge in [-0.3, -0.25) is 19.9 Å². The molecular weight excluding hydrogens is 507 g/mol. The van der Waals surface area contributed by atoms with Gasteiger partial charge in [-0.25, -0.2) is 13.5 Å². The van der Waals surface area contributed by atoms with Crippen molar-refractivity contribution in [1.29, 1.82) is 0 Å². The third-order valence-electron chi connectivity index (χ3n) is 5.11. The molecule has 1 amide bonds. The van der Waals surface area contributed by atoms with E-state index in [1.165, 1.54) is 37.6 Å². The van der Waals surface area contributed by atoms with E-state index in [1.807, 2.05) is 0 Å². The molecule has 1 fully saturated rings. The second kappa shape index (κ2) is 14.4. The van der Waals surface area contributed by atoms with Crippen molar-refractivity contribution in [2.45, 2.75) is 11.4 Å². The maximum absolute atomic E-state index is 13.3. The molecule has 13 heteroatoms. The van der Waals surface area contributed by atoms with Crippen molar-refractivity contribution < 1.29 is 27.9 Å². The number of halogens is 2. The van der Waals surface area contributed by atoms with Crippen molar-refractivity contribution in [1.82, 2.24) is 19.3 Å². The summed E-state index contributed by atoms with van der Waals surface area (Å²) >= 11 is 0. The maximum atomic E-state index is 13.3. The summed E-state index contributed by atoms with van der Waals surface area (Å²) in [6.45, 7) is 2.63. The Hall–Kier alpha value is -1.99. The van der Waals surface area contributed by atoms with Crippen LogP contribution in [0.15, 0.2) is 53.7 Å². The second-order valence-corrected chi connectivity index (χ2v) is 9.22. The first-order valence-corrected chi connectivity index (χ1v) is 11.7. The Morgan fingerprint density at radius 2 is 1.85 bits per heavy atom. The number of pyridine rings is 1. The van der Waals surface area contributed by atoms with Gasteiger partial charge in [0.05, 0.1) is 38.3 Å². The quantitative estimate of drug-likeness (QED) is 0.360. The highest BCUT2D eigenvalue weighted by Gasteiger charge is 2.29. The minimum Gasteiger partial charge on any atom is -0.497 e. The molecule has 1 saturated heterocycles. The molecular formula is C21H30Cl2N4O6S. The number of ether oxygens (including phenoxy) is 2. The number of morpholine rings is 1. The van der Waals surface area contributed by atoms with Gasteiger partial charge < -0.3 is 9.47 Å². The van der Waals surface area contributed by atoms with Gasteiger partial charge >= 0.3 is 0 Å². The van der Waals surface area contributed by atoms with Crippen LogP contribution in [0.2, 0.25) is 0 Å². The highest BCUT2D eigenvalue weighted by Crippen LogP contribution is 2.21. The van der Waals surface area contributed by atoms with Gasteiger partial charge in [-0.2, -0.15) is 4.31 Å². The second-order valence-electron chi connectivity index (χ2n) is 7.28. The Morgan fingerprint density at radius 1 is 1.18 bits per heavy atom. The summed E-state index contributed by atoms with van der Waals surface area (Å²) in [5.41, 5.74) is 0.621. The summed E-state index contributed by atoms with van der Waals surface area (Å²) in [5.74, 6) is -0.192. The van der Waals surface area contributed by atoms with Crippen LogP contribution in [0.4, 0.5) is 0 Å². The van der Waals surface area contributed by atoms with Gasteiger partial charge in [-0.05, 0) is 35.9 Å². The average Bonchev–Trinajstić information content (AvgIpc) is 2.83. The standard InChI is InChI=1S/C21H28N4O6S.2ClH/c1-30-19-4-6-20(7-5-19)32(28,29)24(16-18-3-2-8-22-15-18)17-21(26)25(27)10-9-23-11-13-31-14-12-23;;/h2-8,15,27H,9-14,16-17H2,1H3;2*1H. The minimum atomic E-state index is -4.02. The number of nitrogens with zero attached hydrogens (tertiary/aromatic N) is 4. The largest absolute Gasteiger partial charge is 0.497 e. The zero-order valence-corrected chi connectivity index (χ0v) is 21.2. The molecule has 0 radical (unpaired) electrons. The summed E-state index contributed by atoms with van der Waals surface area (Å²) in [6.07, 6.45) is 3.12. The summed E-state index contributed by atoms with van der Waals surface area (Å²) in [4.78, 5) is 18.8. The van der Waals surface area contributed by atoms with Crippen molar-refractivity contribution in [2.75, 3.05) is 53.0 Å². The predicted octanol–water partition coefficient (Wildman–Crippen LogP) is 1.67.